The predicted octanol–water partition coefficient (Wildman–Crippen LogP) is 2.64. The first kappa shape index (κ1) is 7.46. The molecule has 2 atom stereocenters. The molecule has 0 bridgehead atoms. The van der Waals surface area contributed by atoms with Crippen LogP contribution in [0.4, 0.5) is 0 Å². The van der Waals surface area contributed by atoms with Gasteiger partial charge in [-0.2, -0.15) is 11.8 Å². The SMILES string of the molecule is CC1CSCC(C)C1C. The van der Waals surface area contributed by atoms with Gasteiger partial charge in [0.15, 0.2) is 0 Å². The van der Waals surface area contributed by atoms with Gasteiger partial charge >= 0.3 is 0 Å². The largest absolute Gasteiger partial charge is 0.161 e. The molecule has 1 aliphatic rings. The Kier molecular flexibility index (Phi) is 2.45. The Labute approximate surface area is 62.4 Å². The molecule has 0 aromatic rings. The molecule has 54 valence electrons. The zero-order valence-electron chi connectivity index (χ0n) is 6.55. The second-order valence-corrected chi connectivity index (χ2v) is 4.43. The maximum Gasteiger partial charge on any atom is -0.00390 e. The molecular weight excluding hydrogens is 128 g/mol. The first-order chi connectivity index (χ1) is 4.22. The third-order valence-corrected chi connectivity index (χ3v) is 4.08. The molecule has 1 aliphatic heterocycles. The first-order valence-electron chi connectivity index (χ1n) is 3.79. The van der Waals surface area contributed by atoms with E-state index in [9.17, 15) is 0 Å². The smallest absolute Gasteiger partial charge is 0.00390 e. The highest BCUT2D eigenvalue weighted by Gasteiger charge is 2.23. The minimum atomic E-state index is 0.943. The Morgan fingerprint density at radius 1 is 1.00 bits per heavy atom. The molecule has 0 spiro atoms. The van der Waals surface area contributed by atoms with Crippen molar-refractivity contribution in [1.82, 2.24) is 0 Å². The zero-order valence-corrected chi connectivity index (χ0v) is 7.37. The topological polar surface area (TPSA) is 0 Å². The lowest BCUT2D eigenvalue weighted by atomic mass is 9.87. The van der Waals surface area contributed by atoms with E-state index >= 15 is 0 Å². The fraction of sp³-hybridized carbons (Fsp3) is 1.00. The van der Waals surface area contributed by atoms with Crippen LogP contribution >= 0.6 is 11.8 Å². The second kappa shape index (κ2) is 2.96. The Bertz CT molecular complexity index is 80.6. The Hall–Kier alpha value is 0.350. The summed E-state index contributed by atoms with van der Waals surface area (Å²) in [5.74, 6) is 5.60. The average molecular weight is 144 g/mol. The van der Waals surface area contributed by atoms with Crippen LogP contribution in [0.2, 0.25) is 0 Å². The molecule has 1 fully saturated rings. The lowest BCUT2D eigenvalue weighted by Crippen LogP contribution is -2.25. The fourth-order valence-electron chi connectivity index (χ4n) is 1.30. The minimum absolute atomic E-state index is 0.943. The molecule has 9 heavy (non-hydrogen) atoms. The Balaban J connectivity index is 2.41. The first-order valence-corrected chi connectivity index (χ1v) is 4.95. The average Bonchev–Trinajstić information content (AvgIpc) is 1.83. The summed E-state index contributed by atoms with van der Waals surface area (Å²) in [6.45, 7) is 7.12. The van der Waals surface area contributed by atoms with Crippen molar-refractivity contribution in [3.8, 4) is 0 Å². The summed E-state index contributed by atoms with van der Waals surface area (Å²) in [4.78, 5) is 0. The molecule has 0 aliphatic carbocycles. The quantitative estimate of drug-likeness (QED) is 0.503. The molecule has 0 aromatic carbocycles. The van der Waals surface area contributed by atoms with Crippen molar-refractivity contribution >= 4 is 11.8 Å². The van der Waals surface area contributed by atoms with Gasteiger partial charge in [-0.05, 0) is 29.3 Å². The maximum atomic E-state index is 2.38. The van der Waals surface area contributed by atoms with Crippen molar-refractivity contribution in [2.75, 3.05) is 11.5 Å². The van der Waals surface area contributed by atoms with Crippen molar-refractivity contribution in [1.29, 1.82) is 0 Å². The second-order valence-electron chi connectivity index (χ2n) is 3.35. The molecule has 1 heterocycles. The Morgan fingerprint density at radius 2 is 1.44 bits per heavy atom. The van der Waals surface area contributed by atoms with Gasteiger partial charge in [-0.3, -0.25) is 0 Å². The van der Waals surface area contributed by atoms with Crippen LogP contribution in [0.25, 0.3) is 0 Å². The molecule has 2 unspecified atom stereocenters. The molecule has 0 nitrogen and oxygen atoms in total. The fourth-order valence-corrected chi connectivity index (χ4v) is 2.79. The van der Waals surface area contributed by atoms with Gasteiger partial charge in [-0.25, -0.2) is 0 Å². The van der Waals surface area contributed by atoms with Crippen molar-refractivity contribution in [3.63, 3.8) is 0 Å². The van der Waals surface area contributed by atoms with E-state index in [1.807, 2.05) is 0 Å². The van der Waals surface area contributed by atoms with Crippen molar-refractivity contribution in [2.45, 2.75) is 20.8 Å². The van der Waals surface area contributed by atoms with Gasteiger partial charge in [0.05, 0.1) is 0 Å². The van der Waals surface area contributed by atoms with E-state index in [2.05, 4.69) is 32.5 Å². The van der Waals surface area contributed by atoms with Gasteiger partial charge in [0, 0.05) is 0 Å². The number of hydrogen-bond acceptors (Lipinski definition) is 1. The summed E-state index contributed by atoms with van der Waals surface area (Å²) in [5, 5.41) is 0. The van der Waals surface area contributed by atoms with Crippen LogP contribution in [-0.4, -0.2) is 11.5 Å². The third kappa shape index (κ3) is 1.64. The summed E-state index contributed by atoms with van der Waals surface area (Å²) in [7, 11) is 0. The number of rotatable bonds is 0. The van der Waals surface area contributed by atoms with Gasteiger partial charge in [0.2, 0.25) is 0 Å². The van der Waals surface area contributed by atoms with Crippen molar-refractivity contribution in [2.24, 2.45) is 17.8 Å². The molecule has 0 aromatic heterocycles. The van der Waals surface area contributed by atoms with Crippen molar-refractivity contribution in [3.05, 3.63) is 0 Å². The van der Waals surface area contributed by atoms with Crippen LogP contribution in [0.15, 0.2) is 0 Å². The normalized spacial score (nSPS) is 45.0. The van der Waals surface area contributed by atoms with Crippen LogP contribution in [-0.2, 0) is 0 Å². The molecule has 1 rings (SSSR count). The van der Waals surface area contributed by atoms with E-state index < -0.39 is 0 Å². The standard InChI is InChI=1S/C8H16S/c1-6-4-9-5-7(2)8(6)3/h6-8H,4-5H2,1-3H3. The highest BCUT2D eigenvalue weighted by Crippen LogP contribution is 2.31. The summed E-state index contributed by atoms with van der Waals surface area (Å²) >= 11 is 2.11. The number of thioether (sulfide) groups is 1. The van der Waals surface area contributed by atoms with E-state index in [4.69, 9.17) is 0 Å². The molecule has 1 saturated heterocycles. The number of hydrogen-bond donors (Lipinski definition) is 0. The van der Waals surface area contributed by atoms with Gasteiger partial charge in [0.1, 0.15) is 0 Å². The summed E-state index contributed by atoms with van der Waals surface area (Å²) in [5.41, 5.74) is 0. The molecule has 0 amide bonds. The minimum Gasteiger partial charge on any atom is -0.161 e. The lowest BCUT2D eigenvalue weighted by molar-refractivity contribution is 0.314. The molecule has 0 saturated carbocycles. The van der Waals surface area contributed by atoms with E-state index in [1.54, 1.807) is 0 Å². The van der Waals surface area contributed by atoms with E-state index in [0.717, 1.165) is 17.8 Å². The maximum absolute atomic E-state index is 2.38. The Morgan fingerprint density at radius 3 is 1.78 bits per heavy atom. The van der Waals surface area contributed by atoms with Crippen LogP contribution in [0.3, 0.4) is 0 Å². The van der Waals surface area contributed by atoms with Gasteiger partial charge in [-0.1, -0.05) is 20.8 Å². The highest BCUT2D eigenvalue weighted by atomic mass is 32.2. The predicted molar refractivity (Wildman–Crippen MR) is 44.8 cm³/mol. The van der Waals surface area contributed by atoms with Gasteiger partial charge < -0.3 is 0 Å². The summed E-state index contributed by atoms with van der Waals surface area (Å²) in [6, 6.07) is 0. The van der Waals surface area contributed by atoms with E-state index in [0.29, 0.717) is 0 Å². The van der Waals surface area contributed by atoms with Gasteiger partial charge in [0.25, 0.3) is 0 Å². The monoisotopic (exact) mass is 144 g/mol. The summed E-state index contributed by atoms with van der Waals surface area (Å²) < 4.78 is 0. The molecule has 1 heteroatoms. The van der Waals surface area contributed by atoms with Crippen molar-refractivity contribution < 1.29 is 0 Å². The van der Waals surface area contributed by atoms with Gasteiger partial charge in [-0.15, -0.1) is 0 Å². The molecule has 0 radical (unpaired) electrons. The molecular formula is C8H16S. The molecule has 0 N–H and O–H groups in total. The lowest BCUT2D eigenvalue weighted by Gasteiger charge is -2.30. The van der Waals surface area contributed by atoms with Crippen LogP contribution < -0.4 is 0 Å². The van der Waals surface area contributed by atoms with Crippen LogP contribution in [0.1, 0.15) is 20.8 Å². The summed E-state index contributed by atoms with van der Waals surface area (Å²) in [6.07, 6.45) is 0. The third-order valence-electron chi connectivity index (χ3n) is 2.56. The van der Waals surface area contributed by atoms with Crippen LogP contribution in [0, 0.1) is 17.8 Å². The van der Waals surface area contributed by atoms with Crippen LogP contribution in [0.5, 0.6) is 0 Å². The zero-order chi connectivity index (χ0) is 6.85. The van der Waals surface area contributed by atoms with E-state index in [1.165, 1.54) is 11.5 Å². The highest BCUT2D eigenvalue weighted by molar-refractivity contribution is 7.99. The van der Waals surface area contributed by atoms with E-state index in [-0.39, 0.29) is 0 Å².